The minimum Gasteiger partial charge on any atom is -0.491 e. The number of hydrogen-bond acceptors (Lipinski definition) is 5. The minimum absolute atomic E-state index is 0. The second-order valence-corrected chi connectivity index (χ2v) is 7.51. The number of carbonyl (C=O) groups is 2. The molecule has 0 saturated carbocycles. The molecule has 2 heterocycles. The van der Waals surface area contributed by atoms with Crippen LogP contribution in [0.3, 0.4) is 0 Å². The van der Waals surface area contributed by atoms with E-state index in [-0.39, 0.29) is 37.7 Å². The first kappa shape index (κ1) is 22.9. The van der Waals surface area contributed by atoms with Crippen molar-refractivity contribution in [2.45, 2.75) is 19.5 Å². The van der Waals surface area contributed by atoms with Gasteiger partial charge >= 0.3 is 6.03 Å². The molecule has 0 unspecified atom stereocenters. The summed E-state index contributed by atoms with van der Waals surface area (Å²) in [6.45, 7) is 4.80. The molecular formula is C22H27N3O5S. The SMILES string of the molecule is Cc1ccc([C@H]2COc3cc(C(=O)NO)ccc3CN2C(=O)N2CCOCC2)cc1.S. The van der Waals surface area contributed by atoms with Gasteiger partial charge in [0.15, 0.2) is 0 Å². The maximum atomic E-state index is 13.4. The van der Waals surface area contributed by atoms with E-state index in [0.29, 0.717) is 38.6 Å². The number of urea groups is 1. The van der Waals surface area contributed by atoms with Crippen molar-refractivity contribution in [1.29, 1.82) is 0 Å². The molecule has 0 aromatic heterocycles. The molecule has 1 fully saturated rings. The number of nitrogens with zero attached hydrogens (tertiary/aromatic N) is 2. The Balaban J connectivity index is 0.00000272. The van der Waals surface area contributed by atoms with Crippen molar-refractivity contribution in [1.82, 2.24) is 15.3 Å². The average molecular weight is 446 g/mol. The maximum Gasteiger partial charge on any atom is 0.321 e. The lowest BCUT2D eigenvalue weighted by Gasteiger charge is -2.36. The molecule has 0 bridgehead atoms. The Morgan fingerprint density at radius 1 is 1.10 bits per heavy atom. The van der Waals surface area contributed by atoms with Gasteiger partial charge in [-0.3, -0.25) is 10.0 Å². The fourth-order valence-corrected chi connectivity index (χ4v) is 3.78. The van der Waals surface area contributed by atoms with Crippen LogP contribution in [-0.2, 0) is 11.3 Å². The highest BCUT2D eigenvalue weighted by Gasteiger charge is 2.33. The number of ether oxygens (including phenoxy) is 2. The van der Waals surface area contributed by atoms with Gasteiger partial charge in [-0.1, -0.05) is 35.9 Å². The lowest BCUT2D eigenvalue weighted by Crippen LogP contribution is -2.49. The highest BCUT2D eigenvalue weighted by molar-refractivity contribution is 7.59. The second-order valence-electron chi connectivity index (χ2n) is 7.51. The molecule has 9 heteroatoms. The molecule has 2 N–H and O–H groups in total. The van der Waals surface area contributed by atoms with Gasteiger partial charge in [0.05, 0.1) is 25.8 Å². The van der Waals surface area contributed by atoms with Gasteiger partial charge in [0.1, 0.15) is 12.4 Å². The van der Waals surface area contributed by atoms with Crippen molar-refractivity contribution >= 4 is 25.4 Å². The summed E-state index contributed by atoms with van der Waals surface area (Å²) in [4.78, 5) is 28.8. The maximum absolute atomic E-state index is 13.4. The van der Waals surface area contributed by atoms with Crippen LogP contribution >= 0.6 is 13.5 Å². The number of rotatable bonds is 2. The largest absolute Gasteiger partial charge is 0.491 e. The van der Waals surface area contributed by atoms with Crippen LogP contribution in [0.2, 0.25) is 0 Å². The van der Waals surface area contributed by atoms with Crippen LogP contribution in [0.4, 0.5) is 4.79 Å². The van der Waals surface area contributed by atoms with E-state index in [9.17, 15) is 9.59 Å². The summed E-state index contributed by atoms with van der Waals surface area (Å²) in [7, 11) is 0. The van der Waals surface area contributed by atoms with Crippen molar-refractivity contribution < 1.29 is 24.3 Å². The van der Waals surface area contributed by atoms with Gasteiger partial charge in [-0.05, 0) is 24.6 Å². The fraction of sp³-hybridized carbons (Fsp3) is 0.364. The molecule has 8 nitrogen and oxygen atoms in total. The van der Waals surface area contributed by atoms with E-state index in [1.165, 1.54) is 0 Å². The summed E-state index contributed by atoms with van der Waals surface area (Å²) in [5.74, 6) is -0.0764. The standard InChI is InChI=1S/C22H25N3O5.H2S/c1-15-2-4-16(5-3-15)19-14-30-20-12-17(21(26)23-28)6-7-18(20)13-25(19)22(27)24-8-10-29-11-9-24;/h2-7,12,19,28H,8-11,13-14H2,1H3,(H,23,26);1H2/t19-;/m1./s1. The molecule has 2 aromatic carbocycles. The molecule has 2 aliphatic rings. The summed E-state index contributed by atoms with van der Waals surface area (Å²) in [6.07, 6.45) is 0. The summed E-state index contributed by atoms with van der Waals surface area (Å²) in [6, 6.07) is 12.7. The van der Waals surface area contributed by atoms with E-state index in [2.05, 4.69) is 0 Å². The highest BCUT2D eigenvalue weighted by atomic mass is 32.1. The van der Waals surface area contributed by atoms with Gasteiger partial charge in [-0.25, -0.2) is 10.3 Å². The molecular weight excluding hydrogens is 418 g/mol. The van der Waals surface area contributed by atoms with E-state index in [1.54, 1.807) is 23.7 Å². The zero-order valence-electron chi connectivity index (χ0n) is 17.3. The van der Waals surface area contributed by atoms with Gasteiger partial charge in [-0.15, -0.1) is 0 Å². The minimum atomic E-state index is -0.609. The second kappa shape index (κ2) is 10.0. The number of hydroxylamine groups is 1. The first-order valence-corrected chi connectivity index (χ1v) is 9.97. The smallest absolute Gasteiger partial charge is 0.321 e. The van der Waals surface area contributed by atoms with Crippen LogP contribution in [0.5, 0.6) is 5.75 Å². The van der Waals surface area contributed by atoms with E-state index in [4.69, 9.17) is 14.7 Å². The van der Waals surface area contributed by atoms with Crippen molar-refractivity contribution in [3.05, 3.63) is 64.7 Å². The number of amides is 3. The van der Waals surface area contributed by atoms with Crippen molar-refractivity contribution in [3.8, 4) is 5.75 Å². The molecule has 0 aliphatic carbocycles. The Morgan fingerprint density at radius 2 is 1.81 bits per heavy atom. The molecule has 166 valence electrons. The van der Waals surface area contributed by atoms with Gasteiger partial charge < -0.3 is 19.3 Å². The number of aryl methyl sites for hydroxylation is 1. The molecule has 1 atom stereocenters. The first-order valence-electron chi connectivity index (χ1n) is 9.97. The predicted molar refractivity (Wildman–Crippen MR) is 119 cm³/mol. The van der Waals surface area contributed by atoms with Crippen molar-refractivity contribution in [3.63, 3.8) is 0 Å². The van der Waals surface area contributed by atoms with Crippen molar-refractivity contribution in [2.75, 3.05) is 32.9 Å². The topological polar surface area (TPSA) is 91.3 Å². The molecule has 2 aromatic rings. The molecule has 31 heavy (non-hydrogen) atoms. The molecule has 0 radical (unpaired) electrons. The van der Waals surface area contributed by atoms with Crippen LogP contribution in [0.15, 0.2) is 42.5 Å². The monoisotopic (exact) mass is 445 g/mol. The Hall–Kier alpha value is -2.75. The van der Waals surface area contributed by atoms with E-state index >= 15 is 0 Å². The zero-order chi connectivity index (χ0) is 21.1. The van der Waals surface area contributed by atoms with Gasteiger partial charge in [0.2, 0.25) is 0 Å². The molecule has 0 spiro atoms. The third-order valence-electron chi connectivity index (χ3n) is 5.53. The van der Waals surface area contributed by atoms with Gasteiger partial charge in [-0.2, -0.15) is 13.5 Å². The molecule has 4 rings (SSSR count). The van der Waals surface area contributed by atoms with Crippen LogP contribution < -0.4 is 10.2 Å². The third-order valence-corrected chi connectivity index (χ3v) is 5.53. The van der Waals surface area contributed by atoms with Crippen molar-refractivity contribution in [2.24, 2.45) is 0 Å². The Bertz CT molecular complexity index is 931. The summed E-state index contributed by atoms with van der Waals surface area (Å²) in [5, 5.41) is 8.91. The van der Waals surface area contributed by atoms with E-state index < -0.39 is 5.91 Å². The van der Waals surface area contributed by atoms with Crippen LogP contribution in [0.1, 0.15) is 33.1 Å². The number of carbonyl (C=O) groups excluding carboxylic acids is 2. The number of nitrogens with one attached hydrogen (secondary N) is 1. The predicted octanol–water partition coefficient (Wildman–Crippen LogP) is 2.61. The first-order chi connectivity index (χ1) is 14.6. The lowest BCUT2D eigenvalue weighted by atomic mass is 10.0. The van der Waals surface area contributed by atoms with Crippen LogP contribution in [0, 0.1) is 6.92 Å². The number of fused-ring (bicyclic) bond motifs is 1. The van der Waals surface area contributed by atoms with Gasteiger partial charge in [0, 0.05) is 24.2 Å². The number of benzene rings is 2. The van der Waals surface area contributed by atoms with Crippen LogP contribution in [0.25, 0.3) is 0 Å². The van der Waals surface area contributed by atoms with Gasteiger partial charge in [0.25, 0.3) is 5.91 Å². The summed E-state index contributed by atoms with van der Waals surface area (Å²) in [5.41, 5.74) is 4.86. The normalized spacial score (nSPS) is 18.2. The summed E-state index contributed by atoms with van der Waals surface area (Å²) >= 11 is 0. The summed E-state index contributed by atoms with van der Waals surface area (Å²) < 4.78 is 11.4. The molecule has 3 amide bonds. The number of hydrogen-bond donors (Lipinski definition) is 2. The number of morpholine rings is 1. The Morgan fingerprint density at radius 3 is 2.48 bits per heavy atom. The lowest BCUT2D eigenvalue weighted by molar-refractivity contribution is 0.0362. The quantitative estimate of drug-likeness (QED) is 0.548. The van der Waals surface area contributed by atoms with E-state index in [0.717, 1.165) is 16.7 Å². The van der Waals surface area contributed by atoms with Crippen LogP contribution in [-0.4, -0.2) is 59.9 Å². The third kappa shape index (κ3) is 4.95. The molecule has 2 aliphatic heterocycles. The molecule has 1 saturated heterocycles. The fourth-order valence-electron chi connectivity index (χ4n) is 3.78. The average Bonchev–Trinajstić information content (AvgIpc) is 2.98. The Kier molecular flexibility index (Phi) is 7.42. The van der Waals surface area contributed by atoms with E-state index in [1.807, 2.05) is 41.0 Å². The zero-order valence-corrected chi connectivity index (χ0v) is 18.3. The Labute approximate surface area is 188 Å². The highest BCUT2D eigenvalue weighted by Crippen LogP contribution is 2.33.